The Kier molecular flexibility index (Phi) is 3.70. The van der Waals surface area contributed by atoms with Crippen LogP contribution in [0.3, 0.4) is 0 Å². The van der Waals surface area contributed by atoms with Gasteiger partial charge in [0, 0.05) is 24.4 Å². The summed E-state index contributed by atoms with van der Waals surface area (Å²) in [7, 11) is 1.62. The Morgan fingerprint density at radius 2 is 2.33 bits per heavy atom. The molecule has 0 aliphatic heterocycles. The van der Waals surface area contributed by atoms with E-state index in [1.165, 1.54) is 6.07 Å². The van der Waals surface area contributed by atoms with Gasteiger partial charge in [-0.15, -0.1) is 0 Å². The highest BCUT2D eigenvalue weighted by molar-refractivity contribution is 5.63. The van der Waals surface area contributed by atoms with Crippen molar-refractivity contribution >= 4 is 0 Å². The number of halogens is 1. The van der Waals surface area contributed by atoms with Crippen LogP contribution in [-0.2, 0) is 11.3 Å². The highest BCUT2D eigenvalue weighted by Gasteiger charge is 2.08. The van der Waals surface area contributed by atoms with E-state index in [0.717, 1.165) is 0 Å². The maximum absolute atomic E-state index is 13.8. The predicted octanol–water partition coefficient (Wildman–Crippen LogP) is 2.21. The summed E-state index contributed by atoms with van der Waals surface area (Å²) in [6, 6.07) is 6.30. The Morgan fingerprint density at radius 3 is 3.00 bits per heavy atom. The Bertz CT molecular complexity index is 586. The molecule has 0 N–H and O–H groups in total. The van der Waals surface area contributed by atoms with Crippen molar-refractivity contribution in [2.45, 2.75) is 6.54 Å². The lowest BCUT2D eigenvalue weighted by Gasteiger charge is -2.00. The molecular formula is C13H12FN3O. The molecule has 0 unspecified atom stereocenters. The molecule has 0 aliphatic carbocycles. The predicted molar refractivity (Wildman–Crippen MR) is 64.2 cm³/mol. The summed E-state index contributed by atoms with van der Waals surface area (Å²) in [5.41, 5.74) is 1.44. The first-order valence-corrected chi connectivity index (χ1v) is 5.46. The zero-order chi connectivity index (χ0) is 13.0. The van der Waals surface area contributed by atoms with E-state index in [1.807, 2.05) is 6.07 Å². The molecule has 2 rings (SSSR count). The number of aromatic nitrogens is 2. The normalized spacial score (nSPS) is 10.3. The van der Waals surface area contributed by atoms with Crippen LogP contribution in [-0.4, -0.2) is 23.5 Å². The molecule has 0 aliphatic rings. The van der Waals surface area contributed by atoms with Crippen LogP contribution in [0.2, 0.25) is 0 Å². The Hall–Kier alpha value is -2.19. The molecule has 92 valence electrons. The second-order valence-electron chi connectivity index (χ2n) is 3.79. The lowest BCUT2D eigenvalue weighted by Crippen LogP contribution is -2.03. The number of hydrogen-bond acceptors (Lipinski definition) is 3. The van der Waals surface area contributed by atoms with Crippen molar-refractivity contribution in [3.05, 3.63) is 42.0 Å². The van der Waals surface area contributed by atoms with Crippen molar-refractivity contribution in [1.29, 1.82) is 5.26 Å². The fourth-order valence-electron chi connectivity index (χ4n) is 1.63. The molecule has 2 aromatic rings. The van der Waals surface area contributed by atoms with E-state index in [0.29, 0.717) is 29.8 Å². The van der Waals surface area contributed by atoms with Crippen LogP contribution in [0.25, 0.3) is 11.1 Å². The van der Waals surface area contributed by atoms with Crippen molar-refractivity contribution < 1.29 is 9.13 Å². The third-order valence-electron chi connectivity index (χ3n) is 2.57. The summed E-state index contributed by atoms with van der Waals surface area (Å²) in [5, 5.41) is 12.8. The molecular weight excluding hydrogens is 233 g/mol. The number of hydrogen-bond donors (Lipinski definition) is 0. The van der Waals surface area contributed by atoms with E-state index in [4.69, 9.17) is 10.00 Å². The van der Waals surface area contributed by atoms with E-state index >= 15 is 0 Å². The summed E-state index contributed by atoms with van der Waals surface area (Å²) < 4.78 is 20.4. The van der Waals surface area contributed by atoms with Crippen LogP contribution in [0.4, 0.5) is 4.39 Å². The van der Waals surface area contributed by atoms with Crippen LogP contribution in [0.15, 0.2) is 30.6 Å². The van der Waals surface area contributed by atoms with Gasteiger partial charge in [-0.05, 0) is 12.1 Å². The van der Waals surface area contributed by atoms with E-state index in [1.54, 1.807) is 36.3 Å². The molecule has 1 aromatic carbocycles. The van der Waals surface area contributed by atoms with Gasteiger partial charge in [0.1, 0.15) is 5.82 Å². The molecule has 4 nitrogen and oxygen atoms in total. The van der Waals surface area contributed by atoms with Crippen molar-refractivity contribution in [2.24, 2.45) is 0 Å². The molecule has 0 bridgehead atoms. The van der Waals surface area contributed by atoms with Crippen LogP contribution >= 0.6 is 0 Å². The average Bonchev–Trinajstić information content (AvgIpc) is 2.84. The fraction of sp³-hybridized carbons (Fsp3) is 0.231. The quantitative estimate of drug-likeness (QED) is 0.829. The van der Waals surface area contributed by atoms with Crippen LogP contribution in [0, 0.1) is 17.1 Å². The van der Waals surface area contributed by atoms with Gasteiger partial charge < -0.3 is 4.74 Å². The van der Waals surface area contributed by atoms with Crippen molar-refractivity contribution in [2.75, 3.05) is 13.7 Å². The summed E-state index contributed by atoms with van der Waals surface area (Å²) >= 11 is 0. The largest absolute Gasteiger partial charge is 0.383 e. The number of nitriles is 1. The topological polar surface area (TPSA) is 50.8 Å². The highest BCUT2D eigenvalue weighted by Crippen LogP contribution is 2.22. The van der Waals surface area contributed by atoms with Crippen molar-refractivity contribution in [3.8, 4) is 17.2 Å². The first kappa shape index (κ1) is 12.3. The van der Waals surface area contributed by atoms with Crippen LogP contribution in [0.5, 0.6) is 0 Å². The molecule has 1 aromatic heterocycles. The third-order valence-corrected chi connectivity index (χ3v) is 2.57. The van der Waals surface area contributed by atoms with E-state index in [9.17, 15) is 4.39 Å². The molecule has 1 heterocycles. The molecule has 0 radical (unpaired) electrons. The van der Waals surface area contributed by atoms with Gasteiger partial charge >= 0.3 is 0 Å². The standard InChI is InChI=1S/C13H12FN3O/c1-18-5-4-17-9-11(8-16-17)12-3-2-10(7-15)6-13(12)14/h2-3,6,8-9H,4-5H2,1H3. The molecule has 0 spiro atoms. The van der Waals surface area contributed by atoms with Gasteiger partial charge in [0.25, 0.3) is 0 Å². The van der Waals surface area contributed by atoms with E-state index < -0.39 is 5.82 Å². The minimum absolute atomic E-state index is 0.308. The van der Waals surface area contributed by atoms with E-state index in [2.05, 4.69) is 5.10 Å². The summed E-state index contributed by atoms with van der Waals surface area (Å²) in [4.78, 5) is 0. The second-order valence-corrected chi connectivity index (χ2v) is 3.79. The first-order valence-electron chi connectivity index (χ1n) is 5.46. The minimum Gasteiger partial charge on any atom is -0.383 e. The van der Waals surface area contributed by atoms with E-state index in [-0.39, 0.29) is 0 Å². The number of nitrogens with zero attached hydrogens (tertiary/aromatic N) is 3. The van der Waals surface area contributed by atoms with Gasteiger partial charge in [-0.3, -0.25) is 4.68 Å². The molecule has 0 saturated heterocycles. The molecule has 0 amide bonds. The number of methoxy groups -OCH3 is 1. The molecule has 5 heteroatoms. The van der Waals surface area contributed by atoms with Gasteiger partial charge in [0.05, 0.1) is 31.0 Å². The zero-order valence-corrected chi connectivity index (χ0v) is 9.93. The summed E-state index contributed by atoms with van der Waals surface area (Å²) in [6.45, 7) is 1.17. The van der Waals surface area contributed by atoms with Gasteiger partial charge in [-0.25, -0.2) is 4.39 Å². The smallest absolute Gasteiger partial charge is 0.132 e. The zero-order valence-electron chi connectivity index (χ0n) is 9.93. The number of ether oxygens (including phenoxy) is 1. The van der Waals surface area contributed by atoms with Crippen LogP contribution in [0.1, 0.15) is 5.56 Å². The maximum Gasteiger partial charge on any atom is 0.132 e. The average molecular weight is 245 g/mol. The monoisotopic (exact) mass is 245 g/mol. The van der Waals surface area contributed by atoms with Gasteiger partial charge in [0.15, 0.2) is 0 Å². The maximum atomic E-state index is 13.8. The van der Waals surface area contributed by atoms with Gasteiger partial charge in [-0.2, -0.15) is 10.4 Å². The summed E-state index contributed by atoms with van der Waals surface area (Å²) in [5.74, 6) is -0.416. The van der Waals surface area contributed by atoms with Crippen molar-refractivity contribution in [1.82, 2.24) is 9.78 Å². The number of rotatable bonds is 4. The number of benzene rings is 1. The molecule has 0 fully saturated rings. The Labute approximate surface area is 104 Å². The fourth-order valence-corrected chi connectivity index (χ4v) is 1.63. The van der Waals surface area contributed by atoms with Gasteiger partial charge in [0.2, 0.25) is 0 Å². The molecule has 0 atom stereocenters. The first-order chi connectivity index (χ1) is 8.74. The lowest BCUT2D eigenvalue weighted by atomic mass is 10.1. The highest BCUT2D eigenvalue weighted by atomic mass is 19.1. The minimum atomic E-state index is -0.416. The summed E-state index contributed by atoms with van der Waals surface area (Å²) in [6.07, 6.45) is 3.35. The SMILES string of the molecule is COCCn1cc(-c2ccc(C#N)cc2F)cn1. The Balaban J connectivity index is 2.26. The molecule has 0 saturated carbocycles. The lowest BCUT2D eigenvalue weighted by molar-refractivity contribution is 0.183. The Morgan fingerprint density at radius 1 is 1.50 bits per heavy atom. The second kappa shape index (κ2) is 5.43. The molecule has 18 heavy (non-hydrogen) atoms. The van der Waals surface area contributed by atoms with Gasteiger partial charge in [-0.1, -0.05) is 6.07 Å². The van der Waals surface area contributed by atoms with Crippen molar-refractivity contribution in [3.63, 3.8) is 0 Å². The third kappa shape index (κ3) is 2.55. The van der Waals surface area contributed by atoms with Crippen LogP contribution < -0.4 is 0 Å².